The van der Waals surface area contributed by atoms with Crippen molar-refractivity contribution in [2.75, 3.05) is 24.5 Å². The van der Waals surface area contributed by atoms with E-state index in [9.17, 15) is 18.4 Å². The van der Waals surface area contributed by atoms with Gasteiger partial charge < -0.3 is 10.1 Å². The third-order valence-corrected chi connectivity index (χ3v) is 6.36. The SMILES string of the molecule is COC(=O)c1nc2ccc(Nc3nc(-c4ccc(F)cc4F)cs3)cc2n(N(C)c2ccccc2)c1=O. The smallest absolute Gasteiger partial charge is 0.362 e. The number of nitrogens with one attached hydrogen (secondary N) is 1. The summed E-state index contributed by atoms with van der Waals surface area (Å²) in [5, 5.41) is 6.88. The lowest BCUT2D eigenvalue weighted by Gasteiger charge is -2.24. The van der Waals surface area contributed by atoms with E-state index in [1.807, 2.05) is 30.3 Å². The van der Waals surface area contributed by atoms with Gasteiger partial charge >= 0.3 is 11.5 Å². The van der Waals surface area contributed by atoms with Crippen LogP contribution in [0.1, 0.15) is 10.5 Å². The Morgan fingerprint density at radius 3 is 2.57 bits per heavy atom. The molecule has 186 valence electrons. The number of methoxy groups -OCH3 is 1. The highest BCUT2D eigenvalue weighted by molar-refractivity contribution is 7.14. The maximum atomic E-state index is 14.2. The van der Waals surface area contributed by atoms with Crippen molar-refractivity contribution in [2.45, 2.75) is 0 Å². The highest BCUT2D eigenvalue weighted by Crippen LogP contribution is 2.30. The van der Waals surface area contributed by atoms with Gasteiger partial charge in [0.15, 0.2) is 5.13 Å². The van der Waals surface area contributed by atoms with Crippen LogP contribution in [0.25, 0.3) is 22.3 Å². The highest BCUT2D eigenvalue weighted by atomic mass is 32.1. The predicted molar refractivity (Wildman–Crippen MR) is 138 cm³/mol. The fraction of sp³-hybridized carbons (Fsp3) is 0.0769. The monoisotopic (exact) mass is 519 g/mol. The molecule has 0 saturated carbocycles. The van der Waals surface area contributed by atoms with Crippen molar-refractivity contribution in [2.24, 2.45) is 0 Å². The molecule has 0 unspecified atom stereocenters. The zero-order chi connectivity index (χ0) is 26.1. The van der Waals surface area contributed by atoms with Gasteiger partial charge in [-0.3, -0.25) is 9.80 Å². The molecule has 2 aromatic heterocycles. The number of aromatic nitrogens is 3. The Balaban J connectivity index is 1.57. The molecule has 37 heavy (non-hydrogen) atoms. The van der Waals surface area contributed by atoms with E-state index >= 15 is 0 Å². The number of fused-ring (bicyclic) bond motifs is 1. The zero-order valence-corrected chi connectivity index (χ0v) is 20.4. The average Bonchev–Trinajstić information content (AvgIpc) is 3.36. The number of ether oxygens (including phenoxy) is 1. The summed E-state index contributed by atoms with van der Waals surface area (Å²) in [5.41, 5.74) is 1.65. The second-order valence-electron chi connectivity index (χ2n) is 7.92. The van der Waals surface area contributed by atoms with Crippen LogP contribution in [0.3, 0.4) is 0 Å². The predicted octanol–water partition coefficient (Wildman–Crippen LogP) is 5.23. The number of carbonyl (C=O) groups is 1. The van der Waals surface area contributed by atoms with Gasteiger partial charge in [0, 0.05) is 29.7 Å². The van der Waals surface area contributed by atoms with Crippen LogP contribution in [-0.4, -0.2) is 34.8 Å². The van der Waals surface area contributed by atoms with E-state index in [4.69, 9.17) is 4.74 Å². The van der Waals surface area contributed by atoms with Crippen LogP contribution in [0.15, 0.2) is 76.9 Å². The number of halogens is 2. The van der Waals surface area contributed by atoms with Gasteiger partial charge in [-0.25, -0.2) is 28.2 Å². The van der Waals surface area contributed by atoms with Gasteiger partial charge in [0.25, 0.3) is 0 Å². The quantitative estimate of drug-likeness (QED) is 0.308. The first kappa shape index (κ1) is 24.1. The largest absolute Gasteiger partial charge is 0.464 e. The van der Waals surface area contributed by atoms with E-state index in [1.54, 1.807) is 35.6 Å². The maximum absolute atomic E-state index is 14.2. The van der Waals surface area contributed by atoms with Crippen LogP contribution in [0.2, 0.25) is 0 Å². The summed E-state index contributed by atoms with van der Waals surface area (Å²) in [6, 6.07) is 17.6. The zero-order valence-electron chi connectivity index (χ0n) is 19.6. The molecule has 0 fully saturated rings. The summed E-state index contributed by atoms with van der Waals surface area (Å²) < 4.78 is 33.6. The van der Waals surface area contributed by atoms with Crippen LogP contribution < -0.4 is 15.9 Å². The van der Waals surface area contributed by atoms with Crippen molar-refractivity contribution in [3.63, 3.8) is 0 Å². The molecule has 0 bridgehead atoms. The molecule has 0 aliphatic rings. The molecule has 0 atom stereocenters. The van der Waals surface area contributed by atoms with E-state index < -0.39 is 23.2 Å². The summed E-state index contributed by atoms with van der Waals surface area (Å²) in [7, 11) is 2.88. The van der Waals surface area contributed by atoms with Crippen molar-refractivity contribution in [3.05, 3.63) is 99.8 Å². The lowest BCUT2D eigenvalue weighted by Crippen LogP contribution is -2.39. The van der Waals surface area contributed by atoms with Crippen LogP contribution >= 0.6 is 11.3 Å². The molecule has 0 aliphatic heterocycles. The molecule has 5 rings (SSSR count). The number of thiazole rings is 1. The standard InChI is InChI=1S/C26H19F2N5O3S/c1-32(17-6-4-3-5-7-17)33-22-13-16(9-11-20(22)30-23(24(33)34)25(35)36-2)29-26-31-21(14-37-26)18-10-8-15(27)12-19(18)28/h3-14H,1-2H3,(H,29,31). The lowest BCUT2D eigenvalue weighted by molar-refractivity contribution is 0.0591. The average molecular weight is 520 g/mol. The van der Waals surface area contributed by atoms with E-state index in [-0.39, 0.29) is 11.3 Å². The molecule has 8 nitrogen and oxygen atoms in total. The molecule has 0 saturated heterocycles. The molecular weight excluding hydrogens is 500 g/mol. The minimum Gasteiger partial charge on any atom is -0.464 e. The number of nitrogens with zero attached hydrogens (tertiary/aromatic N) is 4. The topological polar surface area (TPSA) is 89.3 Å². The number of esters is 1. The second-order valence-corrected chi connectivity index (χ2v) is 8.78. The summed E-state index contributed by atoms with van der Waals surface area (Å²) >= 11 is 1.24. The maximum Gasteiger partial charge on any atom is 0.362 e. The normalized spacial score (nSPS) is 10.9. The van der Waals surface area contributed by atoms with E-state index in [1.165, 1.54) is 35.3 Å². The molecule has 0 radical (unpaired) electrons. The fourth-order valence-electron chi connectivity index (χ4n) is 3.81. The Bertz CT molecular complexity index is 1690. The minimum atomic E-state index is -0.840. The van der Waals surface area contributed by atoms with Crippen LogP contribution in [0.4, 0.5) is 25.3 Å². The van der Waals surface area contributed by atoms with Crippen molar-refractivity contribution < 1.29 is 18.3 Å². The lowest BCUT2D eigenvalue weighted by atomic mass is 10.1. The molecule has 0 spiro atoms. The Hall–Kier alpha value is -4.64. The number of anilines is 3. The first-order valence-electron chi connectivity index (χ1n) is 11.0. The van der Waals surface area contributed by atoms with Gasteiger partial charge in [-0.2, -0.15) is 0 Å². The van der Waals surface area contributed by atoms with E-state index in [2.05, 4.69) is 15.3 Å². The fourth-order valence-corrected chi connectivity index (χ4v) is 4.54. The first-order valence-corrected chi connectivity index (χ1v) is 11.9. The van der Waals surface area contributed by atoms with Crippen molar-refractivity contribution >= 4 is 44.8 Å². The van der Waals surface area contributed by atoms with Crippen LogP contribution in [-0.2, 0) is 4.74 Å². The van der Waals surface area contributed by atoms with Gasteiger partial charge in [-0.1, -0.05) is 18.2 Å². The highest BCUT2D eigenvalue weighted by Gasteiger charge is 2.21. The molecule has 1 N–H and O–H groups in total. The number of hydrogen-bond acceptors (Lipinski definition) is 8. The van der Waals surface area contributed by atoms with Crippen molar-refractivity contribution in [1.82, 2.24) is 14.6 Å². The Morgan fingerprint density at radius 2 is 1.84 bits per heavy atom. The molecule has 5 aromatic rings. The third-order valence-electron chi connectivity index (χ3n) is 5.60. The van der Waals surface area contributed by atoms with Gasteiger partial charge in [-0.05, 0) is 42.5 Å². The second kappa shape index (κ2) is 9.78. The summed E-state index contributed by atoms with van der Waals surface area (Å²) in [6.07, 6.45) is 0. The molecule has 0 aliphatic carbocycles. The van der Waals surface area contributed by atoms with E-state index in [0.29, 0.717) is 33.2 Å². The number of benzene rings is 3. The number of rotatable bonds is 6. The van der Waals surface area contributed by atoms with Crippen molar-refractivity contribution in [3.8, 4) is 11.3 Å². The van der Waals surface area contributed by atoms with Gasteiger partial charge in [-0.15, -0.1) is 11.3 Å². The molecular formula is C26H19F2N5O3S. The molecule has 0 amide bonds. The first-order chi connectivity index (χ1) is 17.9. The number of hydrogen-bond donors (Lipinski definition) is 1. The minimum absolute atomic E-state index is 0.182. The van der Waals surface area contributed by atoms with Crippen LogP contribution in [0, 0.1) is 11.6 Å². The van der Waals surface area contributed by atoms with Gasteiger partial charge in [0.2, 0.25) is 5.69 Å². The summed E-state index contributed by atoms with van der Waals surface area (Å²) in [6.45, 7) is 0. The van der Waals surface area contributed by atoms with Gasteiger partial charge in [0.05, 0.1) is 29.5 Å². The molecule has 11 heteroatoms. The molecule has 3 aromatic carbocycles. The number of carbonyl (C=O) groups excluding carboxylic acids is 1. The van der Waals surface area contributed by atoms with Crippen molar-refractivity contribution in [1.29, 1.82) is 0 Å². The Labute approximate surface area is 213 Å². The summed E-state index contributed by atoms with van der Waals surface area (Å²) in [4.78, 5) is 34.3. The third kappa shape index (κ3) is 4.64. The van der Waals surface area contributed by atoms with Crippen LogP contribution in [0.5, 0.6) is 0 Å². The number of para-hydroxylation sites is 1. The molecule has 2 heterocycles. The summed E-state index contributed by atoms with van der Waals surface area (Å²) in [5.74, 6) is -2.21. The van der Waals surface area contributed by atoms with E-state index in [0.717, 1.165) is 6.07 Å². The Morgan fingerprint density at radius 1 is 1.05 bits per heavy atom. The Kier molecular flexibility index (Phi) is 6.36. The van der Waals surface area contributed by atoms with Gasteiger partial charge in [0.1, 0.15) is 11.6 Å².